The normalized spacial score (nSPS) is 24.8. The van der Waals surface area contributed by atoms with Crippen molar-refractivity contribution in [2.75, 3.05) is 0 Å². The Hall–Kier alpha value is 0. The summed E-state index contributed by atoms with van der Waals surface area (Å²) in [6, 6.07) is 0. The summed E-state index contributed by atoms with van der Waals surface area (Å²) in [5, 5.41) is 0. The van der Waals surface area contributed by atoms with Crippen LogP contribution in [0.4, 0.5) is 0 Å². The molecule has 0 nitrogen and oxygen atoms in total. The van der Waals surface area contributed by atoms with E-state index in [1.807, 2.05) is 0 Å². The van der Waals surface area contributed by atoms with Crippen molar-refractivity contribution in [1.82, 2.24) is 0 Å². The van der Waals surface area contributed by atoms with E-state index in [4.69, 9.17) is 0 Å². The van der Waals surface area contributed by atoms with Crippen LogP contribution in [0.3, 0.4) is 0 Å². The van der Waals surface area contributed by atoms with Crippen molar-refractivity contribution >= 4 is 0 Å². The molecule has 15 heavy (non-hydrogen) atoms. The molecule has 88 valence electrons. The van der Waals surface area contributed by atoms with E-state index in [0.29, 0.717) is 0 Å². The van der Waals surface area contributed by atoms with Crippen LogP contribution in [0.1, 0.15) is 71.6 Å². The molecule has 0 aromatic carbocycles. The minimum absolute atomic E-state index is 0.913. The molecule has 0 heteroatoms. The zero-order chi connectivity index (χ0) is 10.7. The standard InChI is InChI=1S/C15H28/c1-12(2)11-15(13-7-3-4-8-13)14-9-5-6-10-14/h12-15H,3-11H2,1-2H3. The third-order valence-corrected chi connectivity index (χ3v) is 4.75. The maximum Gasteiger partial charge on any atom is -0.0355 e. The number of hydrogen-bond donors (Lipinski definition) is 0. The van der Waals surface area contributed by atoms with Gasteiger partial charge in [0.2, 0.25) is 0 Å². The summed E-state index contributed by atoms with van der Waals surface area (Å²) in [4.78, 5) is 0. The molecule has 0 spiro atoms. The maximum absolute atomic E-state index is 2.41. The van der Waals surface area contributed by atoms with Crippen LogP contribution in [0.25, 0.3) is 0 Å². The molecule has 0 aliphatic heterocycles. The van der Waals surface area contributed by atoms with Gasteiger partial charge < -0.3 is 0 Å². The van der Waals surface area contributed by atoms with Crippen LogP contribution in [0.15, 0.2) is 0 Å². The highest BCUT2D eigenvalue weighted by atomic mass is 14.4. The zero-order valence-electron chi connectivity index (χ0n) is 10.7. The summed E-state index contributed by atoms with van der Waals surface area (Å²) in [6.45, 7) is 4.83. The van der Waals surface area contributed by atoms with Crippen LogP contribution < -0.4 is 0 Å². The Balaban J connectivity index is 1.94. The molecule has 0 atom stereocenters. The van der Waals surface area contributed by atoms with E-state index in [9.17, 15) is 0 Å². The van der Waals surface area contributed by atoms with Crippen LogP contribution in [0.5, 0.6) is 0 Å². The molecule has 2 rings (SSSR count). The summed E-state index contributed by atoms with van der Waals surface area (Å²) in [6.07, 6.45) is 13.8. The molecule has 2 saturated carbocycles. The Labute approximate surface area is 95.8 Å². The van der Waals surface area contributed by atoms with Crippen LogP contribution in [-0.2, 0) is 0 Å². The molecular formula is C15H28. The van der Waals surface area contributed by atoms with Gasteiger partial charge in [0.1, 0.15) is 0 Å². The lowest BCUT2D eigenvalue weighted by molar-refractivity contribution is 0.194. The average molecular weight is 208 g/mol. The highest BCUT2D eigenvalue weighted by molar-refractivity contribution is 4.83. The van der Waals surface area contributed by atoms with Gasteiger partial charge in [-0.05, 0) is 30.1 Å². The molecule has 0 unspecified atom stereocenters. The van der Waals surface area contributed by atoms with Crippen molar-refractivity contribution in [2.45, 2.75) is 71.6 Å². The largest absolute Gasteiger partial charge is 0.0628 e. The third kappa shape index (κ3) is 2.98. The van der Waals surface area contributed by atoms with Crippen LogP contribution in [0.2, 0.25) is 0 Å². The summed E-state index contributed by atoms with van der Waals surface area (Å²) in [5.74, 6) is 4.22. The average Bonchev–Trinajstić information content (AvgIpc) is 2.87. The van der Waals surface area contributed by atoms with Crippen molar-refractivity contribution in [3.05, 3.63) is 0 Å². The van der Waals surface area contributed by atoms with Crippen LogP contribution in [-0.4, -0.2) is 0 Å². The first-order valence-corrected chi connectivity index (χ1v) is 7.27. The van der Waals surface area contributed by atoms with E-state index in [0.717, 1.165) is 23.7 Å². The minimum Gasteiger partial charge on any atom is -0.0628 e. The molecule has 0 bridgehead atoms. The molecule has 0 amide bonds. The molecule has 2 fully saturated rings. The SMILES string of the molecule is CC(C)CC(C1CCCC1)C1CCCC1. The molecule has 0 aromatic rings. The molecular weight excluding hydrogens is 180 g/mol. The highest BCUT2D eigenvalue weighted by Gasteiger charge is 2.33. The van der Waals surface area contributed by atoms with Gasteiger partial charge in [-0.15, -0.1) is 0 Å². The maximum atomic E-state index is 2.41. The van der Waals surface area contributed by atoms with Crippen molar-refractivity contribution < 1.29 is 0 Å². The Morgan fingerprint density at radius 2 is 1.20 bits per heavy atom. The van der Waals surface area contributed by atoms with Crippen LogP contribution in [0, 0.1) is 23.7 Å². The summed E-state index contributed by atoms with van der Waals surface area (Å²) in [5.41, 5.74) is 0. The highest BCUT2D eigenvalue weighted by Crippen LogP contribution is 2.44. The second kappa shape index (κ2) is 5.37. The van der Waals surface area contributed by atoms with Gasteiger partial charge in [0.15, 0.2) is 0 Å². The molecule has 0 radical (unpaired) electrons. The Morgan fingerprint density at radius 1 is 0.800 bits per heavy atom. The van der Waals surface area contributed by atoms with Crippen LogP contribution >= 0.6 is 0 Å². The van der Waals surface area contributed by atoms with E-state index in [2.05, 4.69) is 13.8 Å². The number of hydrogen-bond acceptors (Lipinski definition) is 0. The molecule has 2 aliphatic rings. The summed E-state index contributed by atoms with van der Waals surface area (Å²) in [7, 11) is 0. The summed E-state index contributed by atoms with van der Waals surface area (Å²) >= 11 is 0. The molecule has 0 N–H and O–H groups in total. The van der Waals surface area contributed by atoms with Gasteiger partial charge >= 0.3 is 0 Å². The van der Waals surface area contributed by atoms with E-state index in [1.54, 1.807) is 25.7 Å². The second-order valence-electron chi connectivity index (χ2n) is 6.38. The lowest BCUT2D eigenvalue weighted by atomic mass is 9.75. The Bertz CT molecular complexity index is 154. The fourth-order valence-corrected chi connectivity index (χ4v) is 4.09. The lowest BCUT2D eigenvalue weighted by Gasteiger charge is -2.30. The predicted octanol–water partition coefficient (Wildman–Crippen LogP) is 5.03. The molecule has 0 heterocycles. The minimum atomic E-state index is 0.913. The quantitative estimate of drug-likeness (QED) is 0.608. The topological polar surface area (TPSA) is 0 Å². The van der Waals surface area contributed by atoms with Gasteiger partial charge in [-0.1, -0.05) is 65.2 Å². The van der Waals surface area contributed by atoms with Gasteiger partial charge in [-0.3, -0.25) is 0 Å². The van der Waals surface area contributed by atoms with E-state index in [1.165, 1.54) is 32.1 Å². The number of rotatable bonds is 4. The fraction of sp³-hybridized carbons (Fsp3) is 1.00. The first-order valence-electron chi connectivity index (χ1n) is 7.27. The monoisotopic (exact) mass is 208 g/mol. The van der Waals surface area contributed by atoms with E-state index < -0.39 is 0 Å². The van der Waals surface area contributed by atoms with Crippen molar-refractivity contribution in [2.24, 2.45) is 23.7 Å². The molecule has 2 aliphatic carbocycles. The van der Waals surface area contributed by atoms with Gasteiger partial charge in [-0.2, -0.15) is 0 Å². The fourth-order valence-electron chi connectivity index (χ4n) is 4.09. The van der Waals surface area contributed by atoms with Gasteiger partial charge in [-0.25, -0.2) is 0 Å². The van der Waals surface area contributed by atoms with Gasteiger partial charge in [0, 0.05) is 0 Å². The smallest absolute Gasteiger partial charge is 0.0355 e. The van der Waals surface area contributed by atoms with E-state index >= 15 is 0 Å². The lowest BCUT2D eigenvalue weighted by Crippen LogP contribution is -2.22. The van der Waals surface area contributed by atoms with E-state index in [-0.39, 0.29) is 0 Å². The first kappa shape index (κ1) is 11.5. The Morgan fingerprint density at radius 3 is 1.53 bits per heavy atom. The van der Waals surface area contributed by atoms with Crippen molar-refractivity contribution in [3.8, 4) is 0 Å². The van der Waals surface area contributed by atoms with Gasteiger partial charge in [0.25, 0.3) is 0 Å². The van der Waals surface area contributed by atoms with Gasteiger partial charge in [0.05, 0.1) is 0 Å². The first-order chi connectivity index (χ1) is 7.27. The van der Waals surface area contributed by atoms with Crippen molar-refractivity contribution in [3.63, 3.8) is 0 Å². The molecule has 0 saturated heterocycles. The molecule has 0 aromatic heterocycles. The summed E-state index contributed by atoms with van der Waals surface area (Å²) < 4.78 is 0. The Kier molecular flexibility index (Phi) is 4.11. The second-order valence-corrected chi connectivity index (χ2v) is 6.38. The van der Waals surface area contributed by atoms with Crippen molar-refractivity contribution in [1.29, 1.82) is 0 Å². The predicted molar refractivity (Wildman–Crippen MR) is 66.9 cm³/mol. The third-order valence-electron chi connectivity index (χ3n) is 4.75. The zero-order valence-corrected chi connectivity index (χ0v) is 10.7.